The fourth-order valence-corrected chi connectivity index (χ4v) is 6.62. The molecule has 1 aliphatic rings. The van der Waals surface area contributed by atoms with Gasteiger partial charge in [0, 0.05) is 11.4 Å². The van der Waals surface area contributed by atoms with Crippen molar-refractivity contribution in [3.8, 4) is 23.0 Å². The van der Waals surface area contributed by atoms with Crippen LogP contribution < -0.4 is 33.8 Å². The molecule has 2 heterocycles. The summed E-state index contributed by atoms with van der Waals surface area (Å²) in [7, 11) is 3.03. The average molecular weight is 724 g/mol. The number of hydrogen-bond acceptors (Lipinski definition) is 10. The lowest BCUT2D eigenvalue weighted by molar-refractivity contribution is -0.139. The first-order valence-electron chi connectivity index (χ1n) is 12.8. The fourth-order valence-electron chi connectivity index (χ4n) is 4.49. The van der Waals surface area contributed by atoms with Crippen molar-refractivity contribution >= 4 is 61.2 Å². The molecular weight excluding hydrogens is 696 g/mol. The molecule has 0 aliphatic carbocycles. The first-order valence-corrected chi connectivity index (χ1v) is 15.2. The summed E-state index contributed by atoms with van der Waals surface area (Å²) in [4.78, 5) is 44.0. The Morgan fingerprint density at radius 3 is 2.33 bits per heavy atom. The van der Waals surface area contributed by atoms with Gasteiger partial charge in [-0.25, -0.2) is 9.79 Å². The van der Waals surface area contributed by atoms with Gasteiger partial charge < -0.3 is 23.7 Å². The Balaban J connectivity index is 1.98. The molecule has 222 valence electrons. The first-order chi connectivity index (χ1) is 20.0. The summed E-state index contributed by atoms with van der Waals surface area (Å²) in [5.41, 5.74) is 1.51. The zero-order valence-electron chi connectivity index (χ0n) is 23.7. The highest BCUT2D eigenvalue weighted by atomic mass is 79.9. The minimum atomic E-state index is -0.867. The first kappa shape index (κ1) is 31.5. The van der Waals surface area contributed by atoms with Crippen LogP contribution in [0.4, 0.5) is 0 Å². The van der Waals surface area contributed by atoms with E-state index in [1.165, 1.54) is 37.0 Å². The van der Waals surface area contributed by atoms with Crippen molar-refractivity contribution in [1.82, 2.24) is 4.57 Å². The number of methoxy groups -OCH3 is 2. The number of halogens is 2. The lowest BCUT2D eigenvalue weighted by atomic mass is 9.95. The average Bonchev–Trinajstić information content (AvgIpc) is 3.23. The van der Waals surface area contributed by atoms with Crippen LogP contribution in [0.15, 0.2) is 54.3 Å². The Morgan fingerprint density at radius 1 is 1.02 bits per heavy atom. The van der Waals surface area contributed by atoms with Crippen LogP contribution in [0.2, 0.25) is 0 Å². The second-order valence-electron chi connectivity index (χ2n) is 8.89. The lowest BCUT2D eigenvalue weighted by Crippen LogP contribution is -2.40. The van der Waals surface area contributed by atoms with Crippen molar-refractivity contribution in [3.63, 3.8) is 0 Å². The van der Waals surface area contributed by atoms with Crippen LogP contribution in [0.3, 0.4) is 0 Å². The molecule has 2 aromatic carbocycles. The molecule has 0 fully saturated rings. The van der Waals surface area contributed by atoms with Gasteiger partial charge in [0.2, 0.25) is 0 Å². The van der Waals surface area contributed by atoms with Crippen molar-refractivity contribution in [2.45, 2.75) is 33.7 Å². The van der Waals surface area contributed by atoms with Gasteiger partial charge in [-0.15, -0.1) is 0 Å². The predicted molar refractivity (Wildman–Crippen MR) is 164 cm³/mol. The van der Waals surface area contributed by atoms with Gasteiger partial charge in [0.25, 0.3) is 5.56 Å². The number of carbonyl (C=O) groups excluding carboxylic acids is 2. The second kappa shape index (κ2) is 13.3. The Morgan fingerprint density at radius 2 is 1.71 bits per heavy atom. The van der Waals surface area contributed by atoms with Gasteiger partial charge >= 0.3 is 11.9 Å². The van der Waals surface area contributed by atoms with Gasteiger partial charge in [0.05, 0.1) is 53.8 Å². The number of rotatable bonds is 9. The third-order valence-electron chi connectivity index (χ3n) is 6.19. The quantitative estimate of drug-likeness (QED) is 0.231. The number of benzene rings is 2. The number of carbonyl (C=O) groups is 2. The normalized spacial score (nSPS) is 14.7. The zero-order valence-corrected chi connectivity index (χ0v) is 27.7. The summed E-state index contributed by atoms with van der Waals surface area (Å²) in [5, 5.41) is 0. The maximum atomic E-state index is 14.1. The molecule has 4 rings (SSSR count). The van der Waals surface area contributed by atoms with Crippen LogP contribution in [0.1, 0.15) is 44.9 Å². The minimum Gasteiger partial charge on any atom is -0.493 e. The molecule has 1 atom stereocenters. The molecule has 0 radical (unpaired) electrons. The Labute approximate surface area is 262 Å². The van der Waals surface area contributed by atoms with Crippen LogP contribution in [0, 0.1) is 0 Å². The minimum absolute atomic E-state index is 0.153. The number of nitrogens with zero attached hydrogens (tertiary/aromatic N) is 2. The van der Waals surface area contributed by atoms with E-state index in [4.69, 9.17) is 23.7 Å². The molecule has 0 unspecified atom stereocenters. The van der Waals surface area contributed by atoms with E-state index in [9.17, 15) is 14.4 Å². The monoisotopic (exact) mass is 722 g/mol. The maximum absolute atomic E-state index is 14.1. The van der Waals surface area contributed by atoms with Gasteiger partial charge in [0.1, 0.15) is 0 Å². The molecule has 0 bridgehead atoms. The predicted octanol–water partition coefficient (Wildman–Crippen LogP) is 4.66. The third-order valence-corrected chi connectivity index (χ3v) is 8.45. The maximum Gasteiger partial charge on any atom is 0.338 e. The van der Waals surface area contributed by atoms with Gasteiger partial charge in [-0.05, 0) is 78.2 Å². The number of aromatic nitrogens is 1. The lowest BCUT2D eigenvalue weighted by Gasteiger charge is -2.26. The van der Waals surface area contributed by atoms with E-state index in [-0.39, 0.29) is 23.5 Å². The van der Waals surface area contributed by atoms with Gasteiger partial charge in [-0.1, -0.05) is 27.3 Å². The van der Waals surface area contributed by atoms with Gasteiger partial charge in [-0.3, -0.25) is 14.2 Å². The largest absolute Gasteiger partial charge is 0.493 e. The standard InChI is InChI=1S/C29H28Br2N2O8S/c1-7-39-22-10-16(9-19(31)26(22)41-15(4)34)11-23-27(35)33-25(17-12-20(37-5)21(38-6)13-18(17)30)24(28(36)40-8-2)14(3)32-29(33)42-23/h9-13,25H,7-8H2,1-6H3/b23-11-/t25-/m0/s1. The second-order valence-corrected chi connectivity index (χ2v) is 11.6. The highest BCUT2D eigenvalue weighted by Crippen LogP contribution is 2.41. The molecule has 3 aromatic rings. The Bertz CT molecular complexity index is 1780. The van der Waals surface area contributed by atoms with Crippen LogP contribution in [-0.2, 0) is 14.3 Å². The highest BCUT2D eigenvalue weighted by Gasteiger charge is 2.35. The van der Waals surface area contributed by atoms with Crippen LogP contribution in [0.5, 0.6) is 23.0 Å². The number of ether oxygens (including phenoxy) is 5. The molecule has 10 nitrogen and oxygen atoms in total. The van der Waals surface area contributed by atoms with Crippen LogP contribution in [0.25, 0.3) is 6.08 Å². The summed E-state index contributed by atoms with van der Waals surface area (Å²) < 4.78 is 30.3. The van der Waals surface area contributed by atoms with Crippen molar-refractivity contribution in [1.29, 1.82) is 0 Å². The molecule has 13 heteroatoms. The van der Waals surface area contributed by atoms with Crippen molar-refractivity contribution < 1.29 is 33.3 Å². The number of thiazole rings is 1. The summed E-state index contributed by atoms with van der Waals surface area (Å²) in [6, 6.07) is 5.98. The van der Waals surface area contributed by atoms with Crippen molar-refractivity contribution in [2.24, 2.45) is 4.99 Å². The zero-order chi connectivity index (χ0) is 30.7. The summed E-state index contributed by atoms with van der Waals surface area (Å²) in [6.45, 7) is 7.03. The highest BCUT2D eigenvalue weighted by molar-refractivity contribution is 9.10. The van der Waals surface area contributed by atoms with E-state index in [0.717, 1.165) is 0 Å². The number of esters is 2. The molecule has 42 heavy (non-hydrogen) atoms. The van der Waals surface area contributed by atoms with Crippen LogP contribution >= 0.6 is 43.2 Å². The smallest absolute Gasteiger partial charge is 0.338 e. The van der Waals surface area contributed by atoms with E-state index in [0.29, 0.717) is 59.0 Å². The van der Waals surface area contributed by atoms with Gasteiger partial charge in [0.15, 0.2) is 27.8 Å². The Kier molecular flexibility index (Phi) is 9.95. The number of hydrogen-bond donors (Lipinski definition) is 0. The van der Waals surface area contributed by atoms with Crippen molar-refractivity contribution in [2.75, 3.05) is 27.4 Å². The molecule has 0 N–H and O–H groups in total. The number of allylic oxidation sites excluding steroid dienone is 1. The molecule has 0 saturated heterocycles. The third kappa shape index (κ3) is 6.18. The number of fused-ring (bicyclic) bond motifs is 1. The molecule has 0 spiro atoms. The van der Waals surface area contributed by atoms with E-state index >= 15 is 0 Å². The van der Waals surface area contributed by atoms with Gasteiger partial charge in [-0.2, -0.15) is 0 Å². The van der Waals surface area contributed by atoms with Crippen molar-refractivity contribution in [3.05, 3.63) is 75.3 Å². The Hall–Kier alpha value is -3.42. The molecular formula is C29H28Br2N2O8S. The topological polar surface area (TPSA) is 115 Å². The van der Waals surface area contributed by atoms with E-state index < -0.39 is 18.0 Å². The van der Waals surface area contributed by atoms with Crippen LogP contribution in [-0.4, -0.2) is 43.9 Å². The summed E-state index contributed by atoms with van der Waals surface area (Å²) in [5.74, 6) is 0.422. The van der Waals surface area contributed by atoms with E-state index in [1.807, 2.05) is 6.92 Å². The summed E-state index contributed by atoms with van der Waals surface area (Å²) >= 11 is 8.22. The fraction of sp³-hybridized carbons (Fsp3) is 0.310. The molecule has 1 aromatic heterocycles. The van der Waals surface area contributed by atoms with E-state index in [2.05, 4.69) is 36.9 Å². The van der Waals surface area contributed by atoms with E-state index in [1.54, 1.807) is 44.2 Å². The molecule has 1 aliphatic heterocycles. The molecule has 0 amide bonds. The SMILES string of the molecule is CCOC(=O)C1=C(C)N=c2s/c(=C\c3cc(Br)c(OC(C)=O)c(OCC)c3)c(=O)n2[C@H]1c1cc(OC)c(OC)cc1Br. The summed E-state index contributed by atoms with van der Waals surface area (Å²) in [6.07, 6.45) is 1.69. The molecule has 0 saturated carbocycles.